The predicted octanol–water partition coefficient (Wildman–Crippen LogP) is 13.4. The zero-order valence-corrected chi connectivity index (χ0v) is 29.4. The molecule has 1 aliphatic rings. The van der Waals surface area contributed by atoms with E-state index in [1.54, 1.807) is 0 Å². The van der Waals surface area contributed by atoms with Gasteiger partial charge in [-0.1, -0.05) is 140 Å². The second-order valence-electron chi connectivity index (χ2n) is 12.6. The molecule has 0 radical (unpaired) electrons. The highest BCUT2D eigenvalue weighted by molar-refractivity contribution is 8.34. The molecule has 0 saturated carbocycles. The molecule has 0 N–H and O–H groups in total. The Kier molecular flexibility index (Phi) is 8.80. The van der Waals surface area contributed by atoms with Gasteiger partial charge in [0.2, 0.25) is 0 Å². The van der Waals surface area contributed by atoms with Gasteiger partial charge in [-0.2, -0.15) is 0 Å². The summed E-state index contributed by atoms with van der Waals surface area (Å²) in [5.74, 6) is 0. The average Bonchev–Trinajstić information content (AvgIpc) is 3.21. The molecule has 0 spiro atoms. The van der Waals surface area contributed by atoms with Crippen molar-refractivity contribution in [3.63, 3.8) is 0 Å². The van der Waals surface area contributed by atoms with Crippen LogP contribution < -0.4 is 4.90 Å². The molecule has 51 heavy (non-hydrogen) atoms. The Balaban J connectivity index is 1.22. The number of allylic oxidation sites excluding steroid dienone is 2. The Labute approximate surface area is 302 Å². The summed E-state index contributed by atoms with van der Waals surface area (Å²) in [5.41, 5.74) is 9.47. The Morgan fingerprint density at radius 3 is 1.43 bits per heavy atom. The zero-order chi connectivity index (χ0) is 34.6. The van der Waals surface area contributed by atoms with E-state index in [-0.39, 0.29) is 0 Å². The zero-order valence-electron chi connectivity index (χ0n) is 28.6. The highest BCUT2D eigenvalue weighted by atomic mass is 32.3. The third-order valence-corrected chi connectivity index (χ3v) is 13.4. The van der Waals surface area contributed by atoms with Crippen LogP contribution in [-0.2, 0) is 0 Å². The van der Waals surface area contributed by atoms with Crippen molar-refractivity contribution in [1.29, 1.82) is 0 Å². The number of anilines is 3. The van der Waals surface area contributed by atoms with Crippen LogP contribution in [0.2, 0.25) is 0 Å². The first-order valence-corrected chi connectivity index (χ1v) is 18.9. The largest absolute Gasteiger partial charge is 0.308 e. The molecule has 1 heterocycles. The van der Waals surface area contributed by atoms with Crippen LogP contribution in [0.15, 0.2) is 231 Å². The molecular weight excluding hydrogens is 637 g/mol. The number of rotatable bonds is 8. The molecule has 0 aromatic heterocycles. The van der Waals surface area contributed by atoms with Crippen molar-refractivity contribution < 1.29 is 0 Å². The van der Waals surface area contributed by atoms with Crippen molar-refractivity contribution in [3.8, 4) is 0 Å². The maximum Gasteiger partial charge on any atom is 0.0712 e. The van der Waals surface area contributed by atoms with E-state index in [9.17, 15) is 0 Å². The van der Waals surface area contributed by atoms with Crippen LogP contribution in [-0.4, -0.2) is 5.71 Å². The quantitative estimate of drug-likeness (QED) is 0.147. The van der Waals surface area contributed by atoms with Crippen LogP contribution in [0.4, 0.5) is 17.1 Å². The van der Waals surface area contributed by atoms with E-state index in [0.717, 1.165) is 39.4 Å². The minimum Gasteiger partial charge on any atom is -0.308 e. The van der Waals surface area contributed by atoms with E-state index in [0.29, 0.717) is 0 Å². The molecule has 0 aliphatic carbocycles. The summed E-state index contributed by atoms with van der Waals surface area (Å²) in [5, 5.41) is 0. The number of para-hydroxylation sites is 2. The topological polar surface area (TPSA) is 15.6 Å². The van der Waals surface area contributed by atoms with Crippen LogP contribution in [0.1, 0.15) is 23.6 Å². The number of aliphatic imine (C=N–C) groups is 1. The van der Waals surface area contributed by atoms with Gasteiger partial charge in [0, 0.05) is 30.8 Å². The molecule has 2 nitrogen and oxygen atoms in total. The van der Waals surface area contributed by atoms with Crippen LogP contribution in [0.25, 0.3) is 11.3 Å². The molecule has 0 atom stereocenters. The molecule has 246 valence electrons. The predicted molar refractivity (Wildman–Crippen MR) is 217 cm³/mol. The molecule has 1 aliphatic heterocycles. The van der Waals surface area contributed by atoms with Gasteiger partial charge in [0.05, 0.1) is 22.8 Å². The standard InChI is InChI=1S/C48H38N2S/c1-36(35-44(40-21-9-4-10-22-40)49-37(2)39-19-7-3-8-20-39)38-31-33-41(34-32-38)50-45-27-15-17-29-47(45)51(42-23-11-5-12-24-42,43-25-13-6-14-26-43)48-30-18-16-28-46(48)50/h3-35H,2H2,1H3/b36-35+,49-44?. The minimum absolute atomic E-state index is 0.737. The summed E-state index contributed by atoms with van der Waals surface area (Å²) in [6.45, 7) is 6.45. The fraction of sp³-hybridized carbons (Fsp3) is 0.0208. The van der Waals surface area contributed by atoms with Crippen molar-refractivity contribution >= 4 is 44.1 Å². The lowest BCUT2D eigenvalue weighted by atomic mass is 10.0. The number of hydrogen-bond acceptors (Lipinski definition) is 2. The number of hydrogen-bond donors (Lipinski definition) is 0. The molecule has 8 rings (SSSR count). The normalized spacial score (nSPS) is 14.3. The number of fused-ring (bicyclic) bond motifs is 2. The molecule has 0 fully saturated rings. The first-order chi connectivity index (χ1) is 25.1. The van der Waals surface area contributed by atoms with E-state index >= 15 is 0 Å². The lowest BCUT2D eigenvalue weighted by molar-refractivity contribution is 1.12. The highest BCUT2D eigenvalue weighted by Gasteiger charge is 2.42. The molecule has 7 aromatic carbocycles. The molecule has 0 bridgehead atoms. The van der Waals surface area contributed by atoms with Gasteiger partial charge in [-0.15, -0.1) is 10.0 Å². The van der Waals surface area contributed by atoms with E-state index in [1.165, 1.54) is 31.0 Å². The Hall–Kier alpha value is -6.16. The molecule has 7 aromatic rings. The van der Waals surface area contributed by atoms with Crippen LogP contribution in [0.5, 0.6) is 0 Å². The SMILES string of the molecule is C=C(N=C(/C=C(\C)c1ccc(N2c3ccccc3S(c3ccccc3)(c3ccccc3)c3ccccc32)cc1)c1ccccc1)c1ccccc1. The summed E-state index contributed by atoms with van der Waals surface area (Å²) >= 11 is 0. The van der Waals surface area contributed by atoms with Gasteiger partial charge in [0.15, 0.2) is 0 Å². The van der Waals surface area contributed by atoms with Crippen molar-refractivity contribution in [2.75, 3.05) is 4.90 Å². The van der Waals surface area contributed by atoms with Crippen LogP contribution in [0.3, 0.4) is 0 Å². The van der Waals surface area contributed by atoms with Crippen molar-refractivity contribution in [3.05, 3.63) is 223 Å². The van der Waals surface area contributed by atoms with Gasteiger partial charge in [0.1, 0.15) is 0 Å². The number of nitrogens with zero attached hydrogens (tertiary/aromatic N) is 2. The van der Waals surface area contributed by atoms with Gasteiger partial charge in [-0.3, -0.25) is 0 Å². The molecular formula is C48H38N2S. The second kappa shape index (κ2) is 14.0. The summed E-state index contributed by atoms with van der Waals surface area (Å²) < 4.78 is 0. The lowest BCUT2D eigenvalue weighted by Gasteiger charge is -2.49. The lowest BCUT2D eigenvalue weighted by Crippen LogP contribution is -2.21. The summed E-state index contributed by atoms with van der Waals surface area (Å²) in [7, 11) is -1.78. The van der Waals surface area contributed by atoms with E-state index in [2.05, 4.69) is 170 Å². The van der Waals surface area contributed by atoms with Crippen LogP contribution in [0, 0.1) is 0 Å². The fourth-order valence-corrected chi connectivity index (χ4v) is 11.2. The van der Waals surface area contributed by atoms with Crippen LogP contribution >= 0.6 is 10.0 Å². The summed E-state index contributed by atoms with van der Waals surface area (Å²) in [4.78, 5) is 12.8. The Morgan fingerprint density at radius 1 is 0.490 bits per heavy atom. The average molecular weight is 675 g/mol. The molecule has 0 amide bonds. The molecule has 0 saturated heterocycles. The minimum atomic E-state index is -1.78. The van der Waals surface area contributed by atoms with Crippen molar-refractivity contribution in [2.24, 2.45) is 4.99 Å². The third kappa shape index (κ3) is 5.92. The fourth-order valence-electron chi connectivity index (χ4n) is 7.01. The van der Waals surface area contributed by atoms with Gasteiger partial charge >= 0.3 is 0 Å². The van der Waals surface area contributed by atoms with Gasteiger partial charge in [-0.05, 0) is 90.4 Å². The number of benzene rings is 7. The summed E-state index contributed by atoms with van der Waals surface area (Å²) in [6.07, 6.45) is 2.17. The maximum atomic E-state index is 5.03. The first kappa shape index (κ1) is 32.1. The molecule has 3 heteroatoms. The van der Waals surface area contributed by atoms with Crippen molar-refractivity contribution in [1.82, 2.24) is 0 Å². The highest BCUT2D eigenvalue weighted by Crippen LogP contribution is 2.79. The Morgan fingerprint density at radius 2 is 0.922 bits per heavy atom. The van der Waals surface area contributed by atoms with E-state index in [4.69, 9.17) is 4.99 Å². The van der Waals surface area contributed by atoms with E-state index < -0.39 is 10.0 Å². The Bertz CT molecular complexity index is 2270. The first-order valence-electron chi connectivity index (χ1n) is 17.2. The third-order valence-electron chi connectivity index (χ3n) is 9.43. The van der Waals surface area contributed by atoms with E-state index in [1.807, 2.05) is 48.5 Å². The van der Waals surface area contributed by atoms with Gasteiger partial charge in [-0.25, -0.2) is 4.99 Å². The monoisotopic (exact) mass is 674 g/mol. The van der Waals surface area contributed by atoms with Crippen molar-refractivity contribution in [2.45, 2.75) is 26.5 Å². The maximum absolute atomic E-state index is 5.03. The van der Waals surface area contributed by atoms with Gasteiger partial charge in [0.25, 0.3) is 0 Å². The molecule has 0 unspecified atom stereocenters. The second-order valence-corrected chi connectivity index (χ2v) is 15.6. The smallest absolute Gasteiger partial charge is 0.0712 e. The van der Waals surface area contributed by atoms with Gasteiger partial charge < -0.3 is 4.90 Å². The summed E-state index contributed by atoms with van der Waals surface area (Å²) in [6, 6.07) is 69.5.